The van der Waals surface area contributed by atoms with E-state index in [4.69, 9.17) is 5.73 Å². The molecule has 3 N–H and O–H groups in total. The third-order valence-electron chi connectivity index (χ3n) is 2.91. The van der Waals surface area contributed by atoms with Crippen LogP contribution in [0.2, 0.25) is 0 Å². The lowest BCUT2D eigenvalue weighted by Gasteiger charge is -2.24. The van der Waals surface area contributed by atoms with E-state index < -0.39 is 0 Å². The average Bonchev–Trinajstić information content (AvgIpc) is 2.77. The van der Waals surface area contributed by atoms with E-state index in [0.717, 1.165) is 17.1 Å². The minimum Gasteiger partial charge on any atom is -0.341 e. The fourth-order valence-corrected chi connectivity index (χ4v) is 1.67. The van der Waals surface area contributed by atoms with Gasteiger partial charge in [0.1, 0.15) is 5.82 Å². The van der Waals surface area contributed by atoms with Crippen LogP contribution >= 0.6 is 0 Å². The summed E-state index contributed by atoms with van der Waals surface area (Å²) in [5.41, 5.74) is 8.32. The second kappa shape index (κ2) is 4.34. The van der Waals surface area contributed by atoms with E-state index >= 15 is 0 Å². The molecule has 3 nitrogen and oxygen atoms in total. The van der Waals surface area contributed by atoms with Crippen LogP contribution in [-0.2, 0) is 0 Å². The van der Waals surface area contributed by atoms with Crippen LogP contribution < -0.4 is 5.73 Å². The highest BCUT2D eigenvalue weighted by atomic mass is 15.0. The Hall–Kier alpha value is -1.61. The number of aromatic nitrogens is 2. The van der Waals surface area contributed by atoms with E-state index in [1.165, 1.54) is 0 Å². The molecule has 0 aliphatic rings. The summed E-state index contributed by atoms with van der Waals surface area (Å²) < 4.78 is 0. The molecule has 1 aromatic heterocycles. The molecule has 1 heterocycles. The quantitative estimate of drug-likeness (QED) is 0.831. The van der Waals surface area contributed by atoms with Crippen LogP contribution in [0.25, 0.3) is 11.3 Å². The fraction of sp³-hybridized carbons (Fsp3) is 0.357. The maximum absolute atomic E-state index is 6.17. The first-order valence-electron chi connectivity index (χ1n) is 5.84. The summed E-state index contributed by atoms with van der Waals surface area (Å²) in [7, 11) is 0. The summed E-state index contributed by atoms with van der Waals surface area (Å²) in [6.45, 7) is 6.34. The summed E-state index contributed by atoms with van der Waals surface area (Å²) in [6, 6.07) is 10.1. The molecule has 2 aromatic rings. The molecule has 0 spiro atoms. The van der Waals surface area contributed by atoms with Crippen LogP contribution in [0.1, 0.15) is 32.6 Å². The number of nitrogens with two attached hydrogens (primary N) is 1. The first-order chi connectivity index (χ1) is 7.98. The van der Waals surface area contributed by atoms with Gasteiger partial charge < -0.3 is 10.7 Å². The third kappa shape index (κ3) is 2.56. The van der Waals surface area contributed by atoms with Crippen molar-refractivity contribution in [1.82, 2.24) is 9.97 Å². The molecule has 0 unspecified atom stereocenters. The van der Waals surface area contributed by atoms with Crippen LogP contribution in [-0.4, -0.2) is 9.97 Å². The predicted molar refractivity (Wildman–Crippen MR) is 70.4 cm³/mol. The predicted octanol–water partition coefficient (Wildman–Crippen LogP) is 3.12. The van der Waals surface area contributed by atoms with Gasteiger partial charge in [-0.3, -0.25) is 0 Å². The van der Waals surface area contributed by atoms with Gasteiger partial charge in [-0.05, 0) is 11.0 Å². The molecule has 0 amide bonds. The minimum atomic E-state index is -0.0834. The Balaban J connectivity index is 2.28. The van der Waals surface area contributed by atoms with Crippen molar-refractivity contribution >= 4 is 0 Å². The Kier molecular flexibility index (Phi) is 3.03. The van der Waals surface area contributed by atoms with Crippen LogP contribution in [0.15, 0.2) is 36.5 Å². The van der Waals surface area contributed by atoms with Crippen LogP contribution in [0, 0.1) is 5.41 Å². The normalized spacial score (nSPS) is 13.6. The largest absolute Gasteiger partial charge is 0.341 e. The van der Waals surface area contributed by atoms with Crippen LogP contribution in [0.4, 0.5) is 0 Å². The van der Waals surface area contributed by atoms with Gasteiger partial charge in [-0.15, -0.1) is 0 Å². The Morgan fingerprint density at radius 2 is 1.82 bits per heavy atom. The van der Waals surface area contributed by atoms with Gasteiger partial charge in [0.05, 0.1) is 17.9 Å². The van der Waals surface area contributed by atoms with Gasteiger partial charge in [-0.2, -0.15) is 0 Å². The standard InChI is InChI=1S/C14H19N3/c1-14(2,3)12(15)13-16-9-11(17-13)10-7-5-4-6-8-10/h4-9,12H,15H2,1-3H3,(H,16,17)/t12-/m1/s1. The lowest BCUT2D eigenvalue weighted by molar-refractivity contribution is 0.317. The van der Waals surface area contributed by atoms with Crippen molar-refractivity contribution < 1.29 is 0 Å². The molecule has 3 heteroatoms. The molecule has 1 atom stereocenters. The minimum absolute atomic E-state index is 0.00577. The number of H-pyrrole nitrogens is 1. The van der Waals surface area contributed by atoms with E-state index in [0.29, 0.717) is 0 Å². The zero-order valence-electron chi connectivity index (χ0n) is 10.6. The van der Waals surface area contributed by atoms with Gasteiger partial charge in [-0.25, -0.2) is 4.98 Å². The van der Waals surface area contributed by atoms with E-state index in [-0.39, 0.29) is 11.5 Å². The first-order valence-corrected chi connectivity index (χ1v) is 5.84. The maximum atomic E-state index is 6.17. The number of hydrogen-bond acceptors (Lipinski definition) is 2. The van der Waals surface area contributed by atoms with E-state index in [9.17, 15) is 0 Å². The number of rotatable bonds is 2. The van der Waals surface area contributed by atoms with Crippen LogP contribution in [0.5, 0.6) is 0 Å². The van der Waals surface area contributed by atoms with E-state index in [2.05, 4.69) is 42.9 Å². The van der Waals surface area contributed by atoms with Gasteiger partial charge in [-0.1, -0.05) is 51.1 Å². The third-order valence-corrected chi connectivity index (χ3v) is 2.91. The second-order valence-corrected chi connectivity index (χ2v) is 5.39. The fourth-order valence-electron chi connectivity index (χ4n) is 1.67. The van der Waals surface area contributed by atoms with Crippen molar-refractivity contribution in [1.29, 1.82) is 0 Å². The molecule has 90 valence electrons. The lowest BCUT2D eigenvalue weighted by Crippen LogP contribution is -2.27. The molecule has 0 bridgehead atoms. The topological polar surface area (TPSA) is 54.7 Å². The average molecular weight is 229 g/mol. The number of nitrogens with zero attached hydrogens (tertiary/aromatic N) is 1. The number of aromatic amines is 1. The molecule has 0 aliphatic carbocycles. The number of nitrogens with one attached hydrogen (secondary N) is 1. The summed E-state index contributed by atoms with van der Waals surface area (Å²) in [4.78, 5) is 7.68. The molecule has 0 saturated carbocycles. The Morgan fingerprint density at radius 1 is 1.18 bits per heavy atom. The Bertz CT molecular complexity index is 480. The molecule has 0 fully saturated rings. The van der Waals surface area contributed by atoms with Gasteiger partial charge in [0.15, 0.2) is 0 Å². The summed E-state index contributed by atoms with van der Waals surface area (Å²) in [6.07, 6.45) is 1.84. The van der Waals surface area contributed by atoms with Crippen LogP contribution in [0.3, 0.4) is 0 Å². The summed E-state index contributed by atoms with van der Waals surface area (Å²) in [5.74, 6) is 0.844. The zero-order valence-corrected chi connectivity index (χ0v) is 10.6. The Morgan fingerprint density at radius 3 is 2.41 bits per heavy atom. The second-order valence-electron chi connectivity index (χ2n) is 5.39. The molecule has 0 saturated heterocycles. The van der Waals surface area contributed by atoms with Crippen molar-refractivity contribution in [3.8, 4) is 11.3 Å². The monoisotopic (exact) mass is 229 g/mol. The molecular formula is C14H19N3. The van der Waals surface area contributed by atoms with Crippen molar-refractivity contribution in [3.63, 3.8) is 0 Å². The maximum Gasteiger partial charge on any atom is 0.124 e. The molecule has 0 aliphatic heterocycles. The highest BCUT2D eigenvalue weighted by Gasteiger charge is 2.24. The molecule has 17 heavy (non-hydrogen) atoms. The van der Waals surface area contributed by atoms with Gasteiger partial charge in [0, 0.05) is 0 Å². The molecule has 2 rings (SSSR count). The first kappa shape index (κ1) is 11.9. The van der Waals surface area contributed by atoms with Gasteiger partial charge in [0.25, 0.3) is 0 Å². The highest BCUT2D eigenvalue weighted by molar-refractivity contribution is 5.58. The lowest BCUT2D eigenvalue weighted by atomic mass is 9.87. The SMILES string of the molecule is CC(C)(C)[C@H](N)c1ncc(-c2ccccc2)[nH]1. The molecule has 1 aromatic carbocycles. The van der Waals surface area contributed by atoms with Gasteiger partial charge >= 0.3 is 0 Å². The Labute approximate surface area is 102 Å². The summed E-state index contributed by atoms with van der Waals surface area (Å²) >= 11 is 0. The smallest absolute Gasteiger partial charge is 0.124 e. The molecule has 0 radical (unpaired) electrons. The van der Waals surface area contributed by atoms with Gasteiger partial charge in [0.2, 0.25) is 0 Å². The highest BCUT2D eigenvalue weighted by Crippen LogP contribution is 2.29. The van der Waals surface area contributed by atoms with Crippen molar-refractivity contribution in [2.24, 2.45) is 11.1 Å². The van der Waals surface area contributed by atoms with E-state index in [1.54, 1.807) is 0 Å². The summed E-state index contributed by atoms with van der Waals surface area (Å²) in [5, 5.41) is 0. The number of hydrogen-bond donors (Lipinski definition) is 2. The van der Waals surface area contributed by atoms with Crippen molar-refractivity contribution in [2.75, 3.05) is 0 Å². The number of benzene rings is 1. The zero-order chi connectivity index (χ0) is 12.5. The number of imidazole rings is 1. The van der Waals surface area contributed by atoms with Crippen molar-refractivity contribution in [2.45, 2.75) is 26.8 Å². The van der Waals surface area contributed by atoms with Crippen molar-refractivity contribution in [3.05, 3.63) is 42.4 Å². The molecular weight excluding hydrogens is 210 g/mol. The van der Waals surface area contributed by atoms with E-state index in [1.807, 2.05) is 24.4 Å².